The smallest absolute Gasteiger partial charge is 0.391 e. The Labute approximate surface area is 537 Å². The summed E-state index contributed by atoms with van der Waals surface area (Å²) < 4.78 is 23.9. The summed E-state index contributed by atoms with van der Waals surface area (Å²) >= 11 is 0. The number of rotatable bonds is 72. The van der Waals surface area contributed by atoms with Crippen LogP contribution in [0.15, 0.2) is 36.5 Å². The number of unbranched alkanes of at least 4 members (excludes halogenated alkanes) is 53. The van der Waals surface area contributed by atoms with Crippen molar-refractivity contribution in [1.29, 1.82) is 0 Å². The molecule has 0 aliphatic carbocycles. The second-order valence-corrected chi connectivity index (χ2v) is 29.2. The number of phosphoric acid groups is 1. The molecule has 0 saturated carbocycles. The summed E-state index contributed by atoms with van der Waals surface area (Å²) in [6.07, 6.45) is 91.3. The van der Waals surface area contributed by atoms with E-state index in [1.54, 1.807) is 0 Å². The van der Waals surface area contributed by atoms with Crippen molar-refractivity contribution < 1.29 is 32.9 Å². The van der Waals surface area contributed by atoms with Gasteiger partial charge < -0.3 is 19.8 Å². The van der Waals surface area contributed by atoms with Crippen LogP contribution in [0.5, 0.6) is 0 Å². The predicted octanol–water partition coefficient (Wildman–Crippen LogP) is 24.8. The van der Waals surface area contributed by atoms with Gasteiger partial charge in [0.1, 0.15) is 13.2 Å². The highest BCUT2D eigenvalue weighted by molar-refractivity contribution is 7.47. The molecule has 0 aromatic rings. The van der Waals surface area contributed by atoms with Crippen LogP contribution in [-0.2, 0) is 18.4 Å². The molecule has 0 heterocycles. The number of allylic oxidation sites excluding steroid dienone is 6. The summed E-state index contributed by atoms with van der Waals surface area (Å²) in [5.74, 6) is -0.135. The van der Waals surface area contributed by atoms with Gasteiger partial charge in [-0.1, -0.05) is 378 Å². The van der Waals surface area contributed by atoms with Crippen molar-refractivity contribution in [2.45, 2.75) is 411 Å². The highest BCUT2D eigenvalue weighted by Gasteiger charge is 2.28. The van der Waals surface area contributed by atoms with E-state index in [-0.39, 0.29) is 19.1 Å². The van der Waals surface area contributed by atoms with Crippen LogP contribution in [0.2, 0.25) is 0 Å². The Kier molecular flexibility index (Phi) is 67.1. The molecule has 510 valence electrons. The molecule has 0 aliphatic rings. The van der Waals surface area contributed by atoms with Crippen molar-refractivity contribution in [3.8, 4) is 0 Å². The molecule has 3 atom stereocenters. The normalized spacial score (nSPS) is 13.7. The lowest BCUT2D eigenvalue weighted by molar-refractivity contribution is -0.870. The summed E-state index contributed by atoms with van der Waals surface area (Å²) in [4.78, 5) is 23.5. The zero-order valence-corrected chi connectivity index (χ0v) is 59.5. The van der Waals surface area contributed by atoms with E-state index in [0.29, 0.717) is 23.9 Å². The average Bonchev–Trinajstić information content (AvgIpc) is 3.70. The number of aliphatic hydroxyl groups excluding tert-OH is 1. The molecule has 0 radical (unpaired) electrons. The fraction of sp³-hybridized carbons (Fsp3) is 0.909. The van der Waals surface area contributed by atoms with Crippen LogP contribution >= 0.6 is 7.82 Å². The molecule has 0 aliphatic heterocycles. The molecule has 3 unspecified atom stereocenters. The Hall–Kier alpha value is -1.28. The molecule has 0 aromatic heterocycles. The van der Waals surface area contributed by atoms with Crippen LogP contribution in [0.25, 0.3) is 0 Å². The molecule has 0 rings (SSSR count). The number of carbonyl (C=O) groups is 1. The minimum absolute atomic E-state index is 0.0773. The van der Waals surface area contributed by atoms with Crippen molar-refractivity contribution in [2.24, 2.45) is 0 Å². The first-order chi connectivity index (χ1) is 42.0. The molecule has 0 saturated heterocycles. The summed E-state index contributed by atoms with van der Waals surface area (Å²) in [6, 6.07) is -0.761. The lowest BCUT2D eigenvalue weighted by Gasteiger charge is -2.26. The fourth-order valence-electron chi connectivity index (χ4n) is 11.9. The molecule has 0 spiro atoms. The van der Waals surface area contributed by atoms with Gasteiger partial charge >= 0.3 is 7.82 Å². The maximum atomic E-state index is 13.1. The molecule has 0 bridgehead atoms. The number of aliphatic hydroxyl groups is 1. The molecular formula is C77H152N2O6P+. The Morgan fingerprint density at radius 3 is 0.965 bits per heavy atom. The van der Waals surface area contributed by atoms with Gasteiger partial charge in [0.25, 0.3) is 0 Å². The number of hydrogen-bond acceptors (Lipinski definition) is 5. The molecule has 0 fully saturated rings. The summed E-state index contributed by atoms with van der Waals surface area (Å²) in [6.45, 7) is 4.94. The second-order valence-electron chi connectivity index (χ2n) is 27.7. The van der Waals surface area contributed by atoms with Crippen molar-refractivity contribution in [3.05, 3.63) is 36.5 Å². The topological polar surface area (TPSA) is 105 Å². The third kappa shape index (κ3) is 70.2. The van der Waals surface area contributed by atoms with E-state index in [2.05, 4.69) is 55.6 Å². The Morgan fingerprint density at radius 1 is 0.395 bits per heavy atom. The van der Waals surface area contributed by atoms with Gasteiger partial charge in [0.2, 0.25) is 5.91 Å². The molecule has 3 N–H and O–H groups in total. The van der Waals surface area contributed by atoms with Crippen LogP contribution in [0, 0.1) is 0 Å². The van der Waals surface area contributed by atoms with Gasteiger partial charge in [0, 0.05) is 6.42 Å². The number of carbonyl (C=O) groups excluding carboxylic acids is 1. The minimum Gasteiger partial charge on any atom is -0.391 e. The van der Waals surface area contributed by atoms with Crippen molar-refractivity contribution in [2.75, 3.05) is 40.9 Å². The van der Waals surface area contributed by atoms with Gasteiger partial charge in [-0.2, -0.15) is 0 Å². The van der Waals surface area contributed by atoms with Gasteiger partial charge in [0.05, 0.1) is 39.9 Å². The van der Waals surface area contributed by atoms with Crippen molar-refractivity contribution in [3.63, 3.8) is 0 Å². The van der Waals surface area contributed by atoms with E-state index >= 15 is 0 Å². The standard InChI is InChI=1S/C77H151N2O6P/c1-6-8-10-12-14-16-18-20-22-24-26-28-30-32-34-35-36-37-38-39-40-41-42-43-45-47-49-51-53-55-57-59-61-63-65-67-69-71-77(81)78-75(74-85-86(82,83)84-73-72-79(3,4)5)76(80)70-68-66-64-62-60-58-56-54-52-50-48-46-44-33-31-29-27-25-23-21-19-17-15-13-11-9-7-2/h18,20,24,26,30,32,75-76,80H,6-17,19,21-23,25,27-29,31,33-74H2,1-5H3,(H-,78,81,82,83)/p+1/b20-18-,26-24-,32-30-. The van der Waals surface area contributed by atoms with E-state index in [4.69, 9.17) is 9.05 Å². The second kappa shape index (κ2) is 68.1. The zero-order valence-electron chi connectivity index (χ0n) is 58.6. The summed E-state index contributed by atoms with van der Waals surface area (Å²) in [5.41, 5.74) is 0. The van der Waals surface area contributed by atoms with Crippen LogP contribution in [0.1, 0.15) is 399 Å². The molecule has 9 heteroatoms. The van der Waals surface area contributed by atoms with Crippen LogP contribution < -0.4 is 5.32 Å². The molecule has 0 aromatic carbocycles. The largest absolute Gasteiger partial charge is 0.472 e. The minimum atomic E-state index is -4.33. The number of quaternary nitrogens is 1. The number of amides is 1. The monoisotopic (exact) mass is 1230 g/mol. The van der Waals surface area contributed by atoms with Crippen LogP contribution in [0.3, 0.4) is 0 Å². The number of hydrogen-bond donors (Lipinski definition) is 3. The van der Waals surface area contributed by atoms with E-state index < -0.39 is 20.0 Å². The lowest BCUT2D eigenvalue weighted by atomic mass is 10.0. The molecule has 86 heavy (non-hydrogen) atoms. The number of nitrogens with one attached hydrogen (secondary N) is 1. The van der Waals surface area contributed by atoms with Gasteiger partial charge in [-0.3, -0.25) is 13.8 Å². The number of phosphoric ester groups is 1. The van der Waals surface area contributed by atoms with Crippen molar-refractivity contribution >= 4 is 13.7 Å². The molecule has 8 nitrogen and oxygen atoms in total. The molecule has 1 amide bonds. The quantitative estimate of drug-likeness (QED) is 0.0243. The summed E-state index contributed by atoms with van der Waals surface area (Å²) in [7, 11) is 1.64. The third-order valence-corrected chi connectivity index (χ3v) is 18.9. The predicted molar refractivity (Wildman–Crippen MR) is 378 cm³/mol. The van der Waals surface area contributed by atoms with Gasteiger partial charge in [0.15, 0.2) is 0 Å². The Morgan fingerprint density at radius 2 is 0.663 bits per heavy atom. The first-order valence-electron chi connectivity index (χ1n) is 38.4. The number of likely N-dealkylation sites (N-methyl/N-ethyl adjacent to an activating group) is 1. The highest BCUT2D eigenvalue weighted by atomic mass is 31.2. The van der Waals surface area contributed by atoms with E-state index in [0.717, 1.165) is 51.4 Å². The highest BCUT2D eigenvalue weighted by Crippen LogP contribution is 2.43. The zero-order chi connectivity index (χ0) is 62.6. The SMILES string of the molecule is CCCCCCC/C=C\C/C=C\C/C=C\CCCCCCCCCCCCCCCCCCCCCCCCC(=O)NC(COP(=O)(O)OCC[N+](C)(C)C)C(O)CCCCCCCCCCCCCCCCCCCCCCCCCCCCC. The van der Waals surface area contributed by atoms with Gasteiger partial charge in [-0.25, -0.2) is 4.57 Å². The van der Waals surface area contributed by atoms with Crippen LogP contribution in [-0.4, -0.2) is 73.4 Å². The fourth-order valence-corrected chi connectivity index (χ4v) is 12.7. The molecular weight excluding hydrogens is 1080 g/mol. The first-order valence-corrected chi connectivity index (χ1v) is 39.8. The van der Waals surface area contributed by atoms with Crippen LogP contribution in [0.4, 0.5) is 0 Å². The number of nitrogens with zero attached hydrogens (tertiary/aromatic N) is 1. The van der Waals surface area contributed by atoms with E-state index in [9.17, 15) is 19.4 Å². The average molecular weight is 1230 g/mol. The first kappa shape index (κ1) is 84.7. The maximum Gasteiger partial charge on any atom is 0.472 e. The van der Waals surface area contributed by atoms with Gasteiger partial charge in [-0.15, -0.1) is 0 Å². The van der Waals surface area contributed by atoms with Gasteiger partial charge in [-0.05, 0) is 51.4 Å². The maximum absolute atomic E-state index is 13.1. The van der Waals surface area contributed by atoms with E-state index in [1.165, 1.54) is 321 Å². The third-order valence-electron chi connectivity index (χ3n) is 17.9. The summed E-state index contributed by atoms with van der Waals surface area (Å²) in [5, 5.41) is 14.2. The Balaban J connectivity index is 3.93. The van der Waals surface area contributed by atoms with Crippen molar-refractivity contribution in [1.82, 2.24) is 5.32 Å². The lowest BCUT2D eigenvalue weighted by Crippen LogP contribution is -2.46. The Bertz CT molecular complexity index is 1500. The van der Waals surface area contributed by atoms with E-state index in [1.807, 2.05) is 21.1 Å².